The quantitative estimate of drug-likeness (QED) is 0.315. The van der Waals surface area contributed by atoms with Gasteiger partial charge in [-0.1, -0.05) is 30.9 Å². The highest BCUT2D eigenvalue weighted by atomic mass is 35.5. The summed E-state index contributed by atoms with van der Waals surface area (Å²) < 4.78 is 7.49. The number of aliphatic imine (C=N–C) groups is 1. The Labute approximate surface area is 179 Å². The van der Waals surface area contributed by atoms with Crippen molar-refractivity contribution in [1.82, 2.24) is 14.8 Å². The average molecular weight is 415 g/mol. The molecule has 0 aliphatic rings. The van der Waals surface area contributed by atoms with Crippen LogP contribution in [0.5, 0.6) is 5.75 Å². The van der Waals surface area contributed by atoms with E-state index in [0.29, 0.717) is 18.1 Å². The predicted molar refractivity (Wildman–Crippen MR) is 124 cm³/mol. The van der Waals surface area contributed by atoms with Crippen LogP contribution < -0.4 is 4.74 Å². The molecule has 0 aliphatic carbocycles. The molecular formula is C23H31ClN4O. The Bertz CT molecular complexity index is 848. The Balaban J connectivity index is 0.000000612. The summed E-state index contributed by atoms with van der Waals surface area (Å²) in [6.45, 7) is 15.2. The van der Waals surface area contributed by atoms with Crippen LogP contribution in [0.15, 0.2) is 66.2 Å². The van der Waals surface area contributed by atoms with E-state index < -0.39 is 0 Å². The van der Waals surface area contributed by atoms with Gasteiger partial charge in [-0.15, -0.1) is 16.7 Å². The number of hydrogen-bond donors (Lipinski definition) is 0. The van der Waals surface area contributed by atoms with Crippen molar-refractivity contribution in [2.45, 2.75) is 46.1 Å². The van der Waals surface area contributed by atoms with Crippen molar-refractivity contribution >= 4 is 17.3 Å². The fraction of sp³-hybridized carbons (Fsp3) is 0.348. The molecule has 6 heteroatoms. The van der Waals surface area contributed by atoms with Crippen LogP contribution in [-0.2, 0) is 12.3 Å². The summed E-state index contributed by atoms with van der Waals surface area (Å²) in [4.78, 5) is 8.30. The summed E-state index contributed by atoms with van der Waals surface area (Å²) in [6.07, 6.45) is 6.44. The molecule has 5 nitrogen and oxygen atoms in total. The molecule has 0 atom stereocenters. The van der Waals surface area contributed by atoms with E-state index in [1.807, 2.05) is 62.7 Å². The summed E-state index contributed by atoms with van der Waals surface area (Å²) in [5.41, 5.74) is 3.02. The number of hydrogen-bond acceptors (Lipinski definition) is 4. The standard InChI is InChI=1S/C18H22ClN3O.C5H9N/c1-5-14(4)6-11-18-20-17(12-19)21-22(18)15-7-9-16(10-8-15)23-13(2)3;1-4-5(2)6-3/h5-10,13H,1,11-12H2,2-4H3;4H,1H2,2-3H3/b14-6+;. The van der Waals surface area contributed by atoms with Crippen molar-refractivity contribution in [2.24, 2.45) is 4.99 Å². The van der Waals surface area contributed by atoms with Gasteiger partial charge in [-0.3, -0.25) is 4.99 Å². The van der Waals surface area contributed by atoms with Gasteiger partial charge in [-0.25, -0.2) is 9.67 Å². The number of halogens is 1. The Kier molecular flexibility index (Phi) is 10.7. The molecule has 1 aromatic heterocycles. The maximum Gasteiger partial charge on any atom is 0.166 e. The SMILES string of the molecule is C=C/C(C)=C/Cc1nc(CCl)nn1-c1ccc(OC(C)C)cc1.C=CC(C)=NC. The normalized spacial score (nSPS) is 11.7. The summed E-state index contributed by atoms with van der Waals surface area (Å²) in [6, 6.07) is 7.81. The van der Waals surface area contributed by atoms with E-state index >= 15 is 0 Å². The second-order valence-corrected chi connectivity index (χ2v) is 6.84. The van der Waals surface area contributed by atoms with Gasteiger partial charge in [0.25, 0.3) is 0 Å². The first-order valence-corrected chi connectivity index (χ1v) is 10.0. The van der Waals surface area contributed by atoms with Gasteiger partial charge in [0.05, 0.1) is 17.7 Å². The van der Waals surface area contributed by atoms with Gasteiger partial charge >= 0.3 is 0 Å². The third-order valence-corrected chi connectivity index (χ3v) is 4.11. The van der Waals surface area contributed by atoms with Crippen molar-refractivity contribution in [3.63, 3.8) is 0 Å². The van der Waals surface area contributed by atoms with Crippen LogP contribution >= 0.6 is 11.6 Å². The van der Waals surface area contributed by atoms with Gasteiger partial charge in [-0.2, -0.15) is 0 Å². The summed E-state index contributed by atoms with van der Waals surface area (Å²) in [5, 5.41) is 4.47. The Morgan fingerprint density at radius 1 is 1.21 bits per heavy atom. The van der Waals surface area contributed by atoms with Crippen molar-refractivity contribution in [2.75, 3.05) is 7.05 Å². The van der Waals surface area contributed by atoms with Gasteiger partial charge in [0.15, 0.2) is 5.82 Å². The van der Waals surface area contributed by atoms with Crippen molar-refractivity contribution < 1.29 is 4.74 Å². The zero-order valence-corrected chi connectivity index (χ0v) is 18.8. The number of rotatable bonds is 8. The monoisotopic (exact) mass is 414 g/mol. The lowest BCUT2D eigenvalue weighted by Gasteiger charge is -2.10. The van der Waals surface area contributed by atoms with E-state index in [4.69, 9.17) is 16.3 Å². The lowest BCUT2D eigenvalue weighted by Crippen LogP contribution is -2.06. The fourth-order valence-electron chi connectivity index (χ4n) is 2.15. The maximum absolute atomic E-state index is 5.88. The molecule has 2 rings (SSSR count). The van der Waals surface area contributed by atoms with Gasteiger partial charge < -0.3 is 4.74 Å². The van der Waals surface area contributed by atoms with E-state index in [-0.39, 0.29) is 6.10 Å². The number of allylic oxidation sites excluding steroid dienone is 4. The minimum atomic E-state index is 0.151. The second kappa shape index (κ2) is 12.7. The average Bonchev–Trinajstić information content (AvgIpc) is 3.15. The maximum atomic E-state index is 5.88. The molecule has 0 unspecified atom stereocenters. The molecule has 0 fully saturated rings. The van der Waals surface area contributed by atoms with Crippen LogP contribution in [0.1, 0.15) is 39.3 Å². The highest BCUT2D eigenvalue weighted by Crippen LogP contribution is 2.18. The third-order valence-electron chi connectivity index (χ3n) is 3.87. The smallest absolute Gasteiger partial charge is 0.166 e. The van der Waals surface area contributed by atoms with E-state index in [1.54, 1.807) is 13.1 Å². The van der Waals surface area contributed by atoms with E-state index in [2.05, 4.69) is 34.3 Å². The summed E-state index contributed by atoms with van der Waals surface area (Å²) >= 11 is 5.88. The number of ether oxygens (including phenoxy) is 1. The van der Waals surface area contributed by atoms with Crippen LogP contribution in [0.2, 0.25) is 0 Å². The van der Waals surface area contributed by atoms with Crippen molar-refractivity contribution in [3.05, 3.63) is 72.9 Å². The third kappa shape index (κ3) is 8.48. The number of nitrogens with zero attached hydrogens (tertiary/aromatic N) is 4. The van der Waals surface area contributed by atoms with Crippen molar-refractivity contribution in [1.29, 1.82) is 0 Å². The van der Waals surface area contributed by atoms with Crippen molar-refractivity contribution in [3.8, 4) is 11.4 Å². The molecule has 29 heavy (non-hydrogen) atoms. The second-order valence-electron chi connectivity index (χ2n) is 6.58. The number of aromatic nitrogens is 3. The van der Waals surface area contributed by atoms with Crippen LogP contribution in [0.4, 0.5) is 0 Å². The lowest BCUT2D eigenvalue weighted by atomic mass is 10.2. The number of benzene rings is 1. The highest BCUT2D eigenvalue weighted by molar-refractivity contribution is 6.16. The molecule has 1 aromatic carbocycles. The zero-order chi connectivity index (χ0) is 21.8. The van der Waals surface area contributed by atoms with Gasteiger partial charge in [0, 0.05) is 19.2 Å². The van der Waals surface area contributed by atoms with Gasteiger partial charge in [0.1, 0.15) is 11.6 Å². The fourth-order valence-corrected chi connectivity index (χ4v) is 2.27. The molecule has 0 bridgehead atoms. The first-order chi connectivity index (χ1) is 13.8. The first-order valence-electron chi connectivity index (χ1n) is 9.47. The van der Waals surface area contributed by atoms with Crippen LogP contribution in [0, 0.1) is 0 Å². The Hall–Kier alpha value is -2.66. The molecule has 0 N–H and O–H groups in total. The summed E-state index contributed by atoms with van der Waals surface area (Å²) in [5.74, 6) is 2.59. The predicted octanol–water partition coefficient (Wildman–Crippen LogP) is 5.73. The number of alkyl halides is 1. The molecule has 0 spiro atoms. The molecule has 0 saturated carbocycles. The molecule has 0 amide bonds. The van der Waals surface area contributed by atoms with Crippen LogP contribution in [-0.4, -0.2) is 33.6 Å². The minimum Gasteiger partial charge on any atom is -0.491 e. The van der Waals surface area contributed by atoms with E-state index in [1.165, 1.54) is 0 Å². The Morgan fingerprint density at radius 2 is 1.86 bits per heavy atom. The zero-order valence-electron chi connectivity index (χ0n) is 18.0. The molecule has 0 aliphatic heterocycles. The molecular weight excluding hydrogens is 384 g/mol. The largest absolute Gasteiger partial charge is 0.491 e. The lowest BCUT2D eigenvalue weighted by molar-refractivity contribution is 0.242. The molecule has 2 aromatic rings. The molecule has 0 radical (unpaired) electrons. The molecule has 0 saturated heterocycles. The van der Waals surface area contributed by atoms with Gasteiger partial charge in [0.2, 0.25) is 0 Å². The van der Waals surface area contributed by atoms with Gasteiger partial charge in [-0.05, 0) is 58.0 Å². The van der Waals surface area contributed by atoms with E-state index in [0.717, 1.165) is 28.5 Å². The topological polar surface area (TPSA) is 52.3 Å². The molecule has 1 heterocycles. The van der Waals surface area contributed by atoms with Crippen LogP contribution in [0.3, 0.4) is 0 Å². The molecule has 156 valence electrons. The first kappa shape index (κ1) is 24.4. The van der Waals surface area contributed by atoms with Crippen LogP contribution in [0.25, 0.3) is 5.69 Å². The van der Waals surface area contributed by atoms with E-state index in [9.17, 15) is 0 Å². The highest BCUT2D eigenvalue weighted by Gasteiger charge is 2.10. The minimum absolute atomic E-state index is 0.151. The Morgan fingerprint density at radius 3 is 2.31 bits per heavy atom. The summed E-state index contributed by atoms with van der Waals surface area (Å²) in [7, 11) is 1.75.